The van der Waals surface area contributed by atoms with Crippen molar-refractivity contribution in [3.05, 3.63) is 29.8 Å². The zero-order valence-corrected chi connectivity index (χ0v) is 7.64. The second-order valence-corrected chi connectivity index (χ2v) is 2.36. The first-order valence-electron chi connectivity index (χ1n) is 3.65. The first kappa shape index (κ1) is 9.63. The number of benzene rings is 1. The lowest BCUT2D eigenvalue weighted by atomic mass is 10.2. The van der Waals surface area contributed by atoms with Crippen LogP contribution in [0.15, 0.2) is 29.3 Å². The van der Waals surface area contributed by atoms with Gasteiger partial charge in [-0.05, 0) is 24.4 Å². The molecule has 0 aromatic heterocycles. The summed E-state index contributed by atoms with van der Waals surface area (Å²) < 4.78 is 0. The van der Waals surface area contributed by atoms with E-state index in [1.165, 1.54) is 0 Å². The molecule has 3 heteroatoms. The minimum absolute atomic E-state index is 0.157. The van der Waals surface area contributed by atoms with Gasteiger partial charge in [0.1, 0.15) is 6.61 Å². The number of nitrogens with zero attached hydrogens (tertiary/aromatic N) is 1. The molecule has 0 atom stereocenters. The third-order valence-electron chi connectivity index (χ3n) is 1.37. The van der Waals surface area contributed by atoms with Gasteiger partial charge in [-0.2, -0.15) is 4.99 Å². The number of hydrogen-bond donors (Lipinski definition) is 1. The molecule has 1 rings (SSSR count). The van der Waals surface area contributed by atoms with E-state index in [1.54, 1.807) is 6.07 Å². The maximum atomic E-state index is 8.51. The number of aliphatic hydroxyl groups excluding tert-OH is 1. The van der Waals surface area contributed by atoms with E-state index in [0.29, 0.717) is 5.69 Å². The molecule has 0 saturated heterocycles. The molecular weight excluding hydrogens is 182 g/mol. The van der Waals surface area contributed by atoms with Crippen LogP contribution in [0.4, 0.5) is 5.69 Å². The standard InChI is InChI=1S/C10H7NOS/c12-7-3-5-9-4-1-2-6-10(9)11-8-13/h1-2,4,6,12H,7H2. The van der Waals surface area contributed by atoms with Crippen LogP contribution in [0.3, 0.4) is 0 Å². The van der Waals surface area contributed by atoms with Crippen molar-refractivity contribution in [2.24, 2.45) is 4.99 Å². The Kier molecular flexibility index (Phi) is 3.87. The molecule has 1 aromatic carbocycles. The first-order valence-corrected chi connectivity index (χ1v) is 4.06. The van der Waals surface area contributed by atoms with E-state index in [-0.39, 0.29) is 6.61 Å². The Morgan fingerprint density at radius 2 is 2.15 bits per heavy atom. The Morgan fingerprint density at radius 3 is 2.85 bits per heavy atom. The van der Waals surface area contributed by atoms with Crippen molar-refractivity contribution in [3.8, 4) is 11.8 Å². The van der Waals surface area contributed by atoms with Crippen LogP contribution in [0.5, 0.6) is 0 Å². The fraction of sp³-hybridized carbons (Fsp3) is 0.100. The Morgan fingerprint density at radius 1 is 1.38 bits per heavy atom. The molecule has 0 aliphatic carbocycles. The van der Waals surface area contributed by atoms with E-state index < -0.39 is 0 Å². The highest BCUT2D eigenvalue weighted by Crippen LogP contribution is 2.16. The molecule has 0 fully saturated rings. The van der Waals surface area contributed by atoms with Crippen LogP contribution in [0.1, 0.15) is 5.56 Å². The second kappa shape index (κ2) is 5.23. The number of para-hydroxylation sites is 1. The van der Waals surface area contributed by atoms with Gasteiger partial charge in [-0.1, -0.05) is 24.0 Å². The maximum Gasteiger partial charge on any atom is 0.104 e. The predicted molar refractivity (Wildman–Crippen MR) is 55.1 cm³/mol. The minimum atomic E-state index is -0.157. The quantitative estimate of drug-likeness (QED) is 0.415. The van der Waals surface area contributed by atoms with Crippen molar-refractivity contribution in [1.82, 2.24) is 0 Å². The number of isothiocyanates is 1. The summed E-state index contributed by atoms with van der Waals surface area (Å²) >= 11 is 4.49. The zero-order valence-electron chi connectivity index (χ0n) is 6.82. The van der Waals surface area contributed by atoms with Gasteiger partial charge in [0, 0.05) is 0 Å². The van der Waals surface area contributed by atoms with Gasteiger partial charge in [0.2, 0.25) is 0 Å². The first-order chi connectivity index (χ1) is 6.38. The van der Waals surface area contributed by atoms with Crippen molar-refractivity contribution in [2.75, 3.05) is 6.61 Å². The highest BCUT2D eigenvalue weighted by atomic mass is 32.1. The molecule has 2 nitrogen and oxygen atoms in total. The summed E-state index contributed by atoms with van der Waals surface area (Å²) in [5.41, 5.74) is 1.42. The van der Waals surface area contributed by atoms with Gasteiger partial charge in [-0.15, -0.1) is 0 Å². The lowest BCUT2D eigenvalue weighted by Gasteiger charge is -1.93. The molecule has 1 N–H and O–H groups in total. The lowest BCUT2D eigenvalue weighted by Crippen LogP contribution is -1.77. The number of thiocarbonyl (C=S) groups is 1. The third-order valence-corrected chi connectivity index (χ3v) is 1.46. The Labute approximate surface area is 81.9 Å². The topological polar surface area (TPSA) is 32.6 Å². The SMILES string of the molecule is OCC#Cc1ccccc1N=C=S. The van der Waals surface area contributed by atoms with Crippen LogP contribution < -0.4 is 0 Å². The second-order valence-electron chi connectivity index (χ2n) is 2.18. The van der Waals surface area contributed by atoms with Crippen LogP contribution in [-0.2, 0) is 0 Å². The zero-order chi connectivity index (χ0) is 9.52. The Bertz CT molecular complexity index is 397. The van der Waals surface area contributed by atoms with Crippen molar-refractivity contribution in [2.45, 2.75) is 0 Å². The Hall–Kier alpha value is -1.46. The van der Waals surface area contributed by atoms with Crippen molar-refractivity contribution < 1.29 is 5.11 Å². The number of hydrogen-bond acceptors (Lipinski definition) is 3. The van der Waals surface area contributed by atoms with E-state index >= 15 is 0 Å². The van der Waals surface area contributed by atoms with Gasteiger partial charge in [-0.3, -0.25) is 0 Å². The molecule has 64 valence electrons. The molecule has 0 aliphatic rings. The maximum absolute atomic E-state index is 8.51. The Balaban J connectivity index is 3.11. The smallest absolute Gasteiger partial charge is 0.104 e. The van der Waals surface area contributed by atoms with Gasteiger partial charge in [-0.25, -0.2) is 0 Å². The molecule has 0 radical (unpaired) electrons. The number of aliphatic imine (C=N–C) groups is 1. The number of aliphatic hydroxyl groups is 1. The van der Waals surface area contributed by atoms with Gasteiger partial charge in [0.15, 0.2) is 0 Å². The fourth-order valence-electron chi connectivity index (χ4n) is 0.861. The largest absolute Gasteiger partial charge is 0.384 e. The average Bonchev–Trinajstić information content (AvgIpc) is 2.17. The monoisotopic (exact) mass is 189 g/mol. The summed E-state index contributed by atoms with van der Waals surface area (Å²) in [7, 11) is 0. The molecule has 13 heavy (non-hydrogen) atoms. The highest BCUT2D eigenvalue weighted by molar-refractivity contribution is 7.78. The minimum Gasteiger partial charge on any atom is -0.384 e. The van der Waals surface area contributed by atoms with E-state index in [2.05, 4.69) is 34.2 Å². The molecule has 0 spiro atoms. The van der Waals surface area contributed by atoms with Crippen molar-refractivity contribution >= 4 is 23.1 Å². The normalized spacial score (nSPS) is 8.08. The summed E-state index contributed by atoms with van der Waals surface area (Å²) in [4.78, 5) is 3.84. The highest BCUT2D eigenvalue weighted by Gasteiger charge is 1.93. The van der Waals surface area contributed by atoms with Gasteiger partial charge in [0.25, 0.3) is 0 Å². The van der Waals surface area contributed by atoms with E-state index in [4.69, 9.17) is 5.11 Å². The van der Waals surface area contributed by atoms with Crippen LogP contribution in [0.25, 0.3) is 0 Å². The van der Waals surface area contributed by atoms with Crippen molar-refractivity contribution in [1.29, 1.82) is 0 Å². The molecule has 0 saturated carbocycles. The van der Waals surface area contributed by atoms with Crippen LogP contribution in [0.2, 0.25) is 0 Å². The van der Waals surface area contributed by atoms with Gasteiger partial charge in [0.05, 0.1) is 16.4 Å². The summed E-state index contributed by atoms with van der Waals surface area (Å²) in [6, 6.07) is 7.30. The summed E-state index contributed by atoms with van der Waals surface area (Å²) in [6.45, 7) is -0.157. The molecule has 0 aliphatic heterocycles. The number of rotatable bonds is 1. The lowest BCUT2D eigenvalue weighted by molar-refractivity contribution is 0.350. The van der Waals surface area contributed by atoms with E-state index in [9.17, 15) is 0 Å². The van der Waals surface area contributed by atoms with Crippen LogP contribution >= 0.6 is 12.2 Å². The summed E-state index contributed by atoms with van der Waals surface area (Å²) in [6.07, 6.45) is 0. The summed E-state index contributed by atoms with van der Waals surface area (Å²) in [5, 5.41) is 10.8. The van der Waals surface area contributed by atoms with Gasteiger partial charge < -0.3 is 5.11 Å². The van der Waals surface area contributed by atoms with Gasteiger partial charge >= 0.3 is 0 Å². The molecule has 0 amide bonds. The van der Waals surface area contributed by atoms with E-state index in [1.807, 2.05) is 18.2 Å². The molecule has 0 bridgehead atoms. The third kappa shape index (κ3) is 2.81. The average molecular weight is 189 g/mol. The molecule has 0 unspecified atom stereocenters. The molecule has 1 aromatic rings. The van der Waals surface area contributed by atoms with Crippen molar-refractivity contribution in [3.63, 3.8) is 0 Å². The molecule has 0 heterocycles. The summed E-state index contributed by atoms with van der Waals surface area (Å²) in [5.74, 6) is 5.31. The predicted octanol–water partition coefficient (Wildman–Crippen LogP) is 1.76. The van der Waals surface area contributed by atoms with E-state index in [0.717, 1.165) is 5.56 Å². The molecular formula is C10H7NOS. The van der Waals surface area contributed by atoms with Crippen LogP contribution in [-0.4, -0.2) is 16.9 Å². The fourth-order valence-corrected chi connectivity index (χ4v) is 0.959. The van der Waals surface area contributed by atoms with Crippen LogP contribution in [0, 0.1) is 11.8 Å².